The number of morpholine rings is 1. The molecule has 0 N–H and O–H groups in total. The molecule has 5 nitrogen and oxygen atoms in total. The first-order chi connectivity index (χ1) is 13.2. The Morgan fingerprint density at radius 1 is 1.00 bits per heavy atom. The van der Waals surface area contributed by atoms with Crippen LogP contribution in [0.5, 0.6) is 0 Å². The predicted molar refractivity (Wildman–Crippen MR) is 108 cm³/mol. The molecule has 0 amide bonds. The van der Waals surface area contributed by atoms with Gasteiger partial charge in [0.2, 0.25) is 0 Å². The Labute approximate surface area is 163 Å². The Hall–Kier alpha value is -2.21. The van der Waals surface area contributed by atoms with E-state index in [1.807, 2.05) is 48.5 Å². The van der Waals surface area contributed by atoms with Crippen molar-refractivity contribution in [1.82, 2.24) is 14.5 Å². The number of halogens is 1. The SMILES string of the molecule is O=c1c2ccccc2nc(-c2ccccc2Cl)n1CCCN1CCOCC1. The van der Waals surface area contributed by atoms with Gasteiger partial charge in [0.25, 0.3) is 5.56 Å². The van der Waals surface area contributed by atoms with Crippen molar-refractivity contribution in [3.63, 3.8) is 0 Å². The van der Waals surface area contributed by atoms with Gasteiger partial charge in [-0.3, -0.25) is 14.3 Å². The highest BCUT2D eigenvalue weighted by atomic mass is 35.5. The van der Waals surface area contributed by atoms with Gasteiger partial charge in [-0.25, -0.2) is 4.98 Å². The molecule has 1 saturated heterocycles. The highest BCUT2D eigenvalue weighted by molar-refractivity contribution is 6.33. The van der Waals surface area contributed by atoms with Gasteiger partial charge >= 0.3 is 0 Å². The summed E-state index contributed by atoms with van der Waals surface area (Å²) >= 11 is 6.41. The maximum Gasteiger partial charge on any atom is 0.261 e. The summed E-state index contributed by atoms with van der Waals surface area (Å²) in [6, 6.07) is 15.0. The lowest BCUT2D eigenvalue weighted by molar-refractivity contribution is 0.0369. The van der Waals surface area contributed by atoms with Crippen molar-refractivity contribution in [1.29, 1.82) is 0 Å². The zero-order chi connectivity index (χ0) is 18.6. The number of fused-ring (bicyclic) bond motifs is 1. The Bertz CT molecular complexity index is 996. The molecule has 4 rings (SSSR count). The first-order valence-electron chi connectivity index (χ1n) is 9.28. The summed E-state index contributed by atoms with van der Waals surface area (Å²) in [6.45, 7) is 4.99. The Morgan fingerprint density at radius 3 is 2.56 bits per heavy atom. The van der Waals surface area contributed by atoms with Gasteiger partial charge in [0.1, 0.15) is 5.82 Å². The molecule has 0 radical (unpaired) electrons. The molecule has 1 aliphatic rings. The summed E-state index contributed by atoms with van der Waals surface area (Å²) in [5, 5.41) is 1.24. The first kappa shape index (κ1) is 18.2. The fraction of sp³-hybridized carbons (Fsp3) is 0.333. The molecule has 0 aliphatic carbocycles. The minimum atomic E-state index is -0.0162. The van der Waals surface area contributed by atoms with Crippen molar-refractivity contribution in [2.24, 2.45) is 0 Å². The summed E-state index contributed by atoms with van der Waals surface area (Å²) in [5.41, 5.74) is 1.47. The topological polar surface area (TPSA) is 47.4 Å². The summed E-state index contributed by atoms with van der Waals surface area (Å²) < 4.78 is 7.17. The largest absolute Gasteiger partial charge is 0.379 e. The third kappa shape index (κ3) is 3.90. The van der Waals surface area contributed by atoms with Gasteiger partial charge < -0.3 is 4.74 Å². The van der Waals surface area contributed by atoms with Crippen LogP contribution in [0, 0.1) is 0 Å². The third-order valence-electron chi connectivity index (χ3n) is 4.94. The zero-order valence-corrected chi connectivity index (χ0v) is 15.9. The fourth-order valence-corrected chi connectivity index (χ4v) is 3.72. The predicted octanol–water partition coefficient (Wildman–Crippen LogP) is 3.44. The highest BCUT2D eigenvalue weighted by Crippen LogP contribution is 2.26. The molecule has 2 aromatic carbocycles. The Balaban J connectivity index is 1.70. The van der Waals surface area contributed by atoms with E-state index < -0.39 is 0 Å². The molecule has 140 valence electrons. The molecule has 0 atom stereocenters. The average molecular weight is 384 g/mol. The average Bonchev–Trinajstić information content (AvgIpc) is 2.71. The molecule has 6 heteroatoms. The van der Waals surface area contributed by atoms with Crippen LogP contribution in [0.4, 0.5) is 0 Å². The van der Waals surface area contributed by atoms with Gasteiger partial charge in [-0.05, 0) is 30.7 Å². The van der Waals surface area contributed by atoms with E-state index in [1.54, 1.807) is 4.57 Å². The van der Waals surface area contributed by atoms with Crippen molar-refractivity contribution >= 4 is 22.5 Å². The van der Waals surface area contributed by atoms with Crippen LogP contribution in [-0.4, -0.2) is 47.3 Å². The smallest absolute Gasteiger partial charge is 0.261 e. The van der Waals surface area contributed by atoms with Gasteiger partial charge in [0.05, 0.1) is 29.1 Å². The number of hydrogen-bond donors (Lipinski definition) is 0. The van der Waals surface area contributed by atoms with E-state index in [9.17, 15) is 4.79 Å². The van der Waals surface area contributed by atoms with Crippen LogP contribution >= 0.6 is 11.6 Å². The molecule has 1 fully saturated rings. The number of hydrogen-bond acceptors (Lipinski definition) is 4. The van der Waals surface area contributed by atoms with E-state index in [4.69, 9.17) is 21.3 Å². The van der Waals surface area contributed by atoms with Crippen molar-refractivity contribution in [3.8, 4) is 11.4 Å². The summed E-state index contributed by atoms with van der Waals surface area (Å²) in [4.78, 5) is 20.3. The van der Waals surface area contributed by atoms with E-state index in [1.165, 1.54) is 0 Å². The normalized spacial score (nSPS) is 15.3. The summed E-state index contributed by atoms with van der Waals surface area (Å²) in [5.74, 6) is 0.631. The standard InChI is InChI=1S/C21H22ClN3O2/c22-18-8-3-1-6-16(18)20-23-19-9-4-2-7-17(19)21(26)25(20)11-5-10-24-12-14-27-15-13-24/h1-4,6-9H,5,10-15H2. The van der Waals surface area contributed by atoms with Crippen LogP contribution < -0.4 is 5.56 Å². The molecular formula is C21H22ClN3O2. The molecule has 0 unspecified atom stereocenters. The molecule has 0 spiro atoms. The second-order valence-corrected chi connectivity index (χ2v) is 7.10. The van der Waals surface area contributed by atoms with Gasteiger partial charge in [0, 0.05) is 31.7 Å². The molecule has 27 heavy (non-hydrogen) atoms. The van der Waals surface area contributed by atoms with Gasteiger partial charge in [0.15, 0.2) is 0 Å². The second kappa shape index (κ2) is 8.21. The van der Waals surface area contributed by atoms with E-state index in [0.717, 1.165) is 44.8 Å². The van der Waals surface area contributed by atoms with Gasteiger partial charge in [-0.1, -0.05) is 35.9 Å². The zero-order valence-electron chi connectivity index (χ0n) is 15.1. The quantitative estimate of drug-likeness (QED) is 0.677. The minimum Gasteiger partial charge on any atom is -0.379 e. The Kier molecular flexibility index (Phi) is 5.53. The number of aromatic nitrogens is 2. The second-order valence-electron chi connectivity index (χ2n) is 6.70. The van der Waals surface area contributed by atoms with E-state index in [-0.39, 0.29) is 5.56 Å². The van der Waals surface area contributed by atoms with Crippen molar-refractivity contribution in [2.45, 2.75) is 13.0 Å². The monoisotopic (exact) mass is 383 g/mol. The highest BCUT2D eigenvalue weighted by Gasteiger charge is 2.16. The summed E-state index contributed by atoms with van der Waals surface area (Å²) in [6.07, 6.45) is 0.872. The maximum atomic E-state index is 13.2. The maximum absolute atomic E-state index is 13.2. The van der Waals surface area contributed by atoms with Gasteiger partial charge in [-0.2, -0.15) is 0 Å². The van der Waals surface area contributed by atoms with E-state index in [2.05, 4.69) is 4.90 Å². The molecule has 1 aliphatic heterocycles. The van der Waals surface area contributed by atoms with Crippen LogP contribution in [0.3, 0.4) is 0 Å². The van der Waals surface area contributed by atoms with Crippen LogP contribution in [0.15, 0.2) is 53.3 Å². The van der Waals surface area contributed by atoms with Crippen LogP contribution in [0.25, 0.3) is 22.3 Å². The molecule has 2 heterocycles. The number of para-hydroxylation sites is 1. The van der Waals surface area contributed by atoms with Crippen LogP contribution in [0.1, 0.15) is 6.42 Å². The van der Waals surface area contributed by atoms with Crippen molar-refractivity contribution in [2.75, 3.05) is 32.8 Å². The first-order valence-corrected chi connectivity index (χ1v) is 9.66. The van der Waals surface area contributed by atoms with Crippen LogP contribution in [0.2, 0.25) is 5.02 Å². The summed E-state index contributed by atoms with van der Waals surface area (Å²) in [7, 11) is 0. The Morgan fingerprint density at radius 2 is 1.74 bits per heavy atom. The van der Waals surface area contributed by atoms with Crippen molar-refractivity contribution in [3.05, 3.63) is 63.9 Å². The lowest BCUT2D eigenvalue weighted by atomic mass is 10.1. The van der Waals surface area contributed by atoms with E-state index >= 15 is 0 Å². The number of nitrogens with zero attached hydrogens (tertiary/aromatic N) is 3. The molecule has 1 aromatic heterocycles. The van der Waals surface area contributed by atoms with Crippen LogP contribution in [-0.2, 0) is 11.3 Å². The molecule has 0 saturated carbocycles. The minimum absolute atomic E-state index is 0.0162. The van der Waals surface area contributed by atoms with Gasteiger partial charge in [-0.15, -0.1) is 0 Å². The van der Waals surface area contributed by atoms with E-state index in [0.29, 0.717) is 28.3 Å². The molecule has 0 bridgehead atoms. The lowest BCUT2D eigenvalue weighted by Gasteiger charge is -2.26. The number of rotatable bonds is 5. The number of benzene rings is 2. The number of ether oxygens (including phenoxy) is 1. The molecular weight excluding hydrogens is 362 g/mol. The fourth-order valence-electron chi connectivity index (χ4n) is 3.50. The molecule has 3 aromatic rings. The third-order valence-corrected chi connectivity index (χ3v) is 5.27. The lowest BCUT2D eigenvalue weighted by Crippen LogP contribution is -2.37. The van der Waals surface area contributed by atoms with Crippen molar-refractivity contribution < 1.29 is 4.74 Å².